The van der Waals surface area contributed by atoms with Crippen LogP contribution in [0, 0.1) is 5.92 Å². The summed E-state index contributed by atoms with van der Waals surface area (Å²) in [4.78, 5) is 4.05. The van der Waals surface area contributed by atoms with Gasteiger partial charge in [0.2, 0.25) is 0 Å². The van der Waals surface area contributed by atoms with Crippen molar-refractivity contribution in [1.29, 1.82) is 0 Å². The van der Waals surface area contributed by atoms with Gasteiger partial charge in [-0.3, -0.25) is 0 Å². The highest BCUT2D eigenvalue weighted by molar-refractivity contribution is 5.32. The first-order chi connectivity index (χ1) is 9.29. The van der Waals surface area contributed by atoms with Gasteiger partial charge in [0.25, 0.3) is 0 Å². The van der Waals surface area contributed by atoms with Crippen LogP contribution in [0.2, 0.25) is 0 Å². The molecule has 0 saturated carbocycles. The van der Waals surface area contributed by atoms with Crippen molar-refractivity contribution in [3.8, 4) is 0 Å². The summed E-state index contributed by atoms with van der Waals surface area (Å²) >= 11 is 0. The van der Waals surface area contributed by atoms with Crippen molar-refractivity contribution in [3.63, 3.8) is 0 Å². The van der Waals surface area contributed by atoms with E-state index in [0.29, 0.717) is 17.8 Å². The normalized spacial score (nSPS) is 21.2. The summed E-state index contributed by atoms with van der Waals surface area (Å²) in [5, 5.41) is 3.67. The number of aromatic nitrogens is 1. The first-order valence-corrected chi connectivity index (χ1v) is 7.31. The maximum absolute atomic E-state index is 5.76. The number of pyridine rings is 1. The van der Waals surface area contributed by atoms with Crippen molar-refractivity contribution in [3.05, 3.63) is 23.9 Å². The molecular formula is C15H25N3O. The molecule has 0 radical (unpaired) electrons. The average molecular weight is 263 g/mol. The zero-order valence-electron chi connectivity index (χ0n) is 11.8. The number of nitrogen functional groups attached to an aromatic ring is 1. The fourth-order valence-electron chi connectivity index (χ4n) is 2.69. The molecule has 3 N–H and O–H groups in total. The molecule has 0 spiro atoms. The maximum Gasteiger partial charge on any atom is 0.123 e. The molecule has 0 aromatic carbocycles. The molecular weight excluding hydrogens is 238 g/mol. The van der Waals surface area contributed by atoms with E-state index in [-0.39, 0.29) is 0 Å². The molecule has 2 heterocycles. The van der Waals surface area contributed by atoms with E-state index in [9.17, 15) is 0 Å². The molecule has 0 aliphatic carbocycles. The molecule has 106 valence electrons. The van der Waals surface area contributed by atoms with E-state index in [4.69, 9.17) is 10.5 Å². The Morgan fingerprint density at radius 3 is 3.16 bits per heavy atom. The molecule has 1 saturated heterocycles. The van der Waals surface area contributed by atoms with E-state index in [1.54, 1.807) is 6.20 Å². The zero-order chi connectivity index (χ0) is 13.5. The molecule has 1 fully saturated rings. The Morgan fingerprint density at radius 1 is 1.58 bits per heavy atom. The molecule has 0 amide bonds. The minimum atomic E-state index is 0.474. The van der Waals surface area contributed by atoms with Crippen LogP contribution in [0.15, 0.2) is 18.3 Å². The fourth-order valence-corrected chi connectivity index (χ4v) is 2.69. The van der Waals surface area contributed by atoms with Crippen molar-refractivity contribution in [2.75, 3.05) is 25.5 Å². The summed E-state index contributed by atoms with van der Waals surface area (Å²) in [6.07, 6.45) is 6.37. The van der Waals surface area contributed by atoms with E-state index < -0.39 is 0 Å². The van der Waals surface area contributed by atoms with Gasteiger partial charge in [-0.1, -0.05) is 6.92 Å². The second-order valence-electron chi connectivity index (χ2n) is 5.33. The Balaban J connectivity index is 1.99. The molecule has 4 heteroatoms. The predicted octanol–water partition coefficient (Wildman–Crippen LogP) is 2.00. The van der Waals surface area contributed by atoms with Gasteiger partial charge in [-0.2, -0.15) is 0 Å². The van der Waals surface area contributed by atoms with Crippen molar-refractivity contribution in [2.45, 2.75) is 38.6 Å². The Kier molecular flexibility index (Phi) is 5.61. The summed E-state index contributed by atoms with van der Waals surface area (Å²) in [5.41, 5.74) is 7.01. The molecule has 1 aliphatic rings. The smallest absolute Gasteiger partial charge is 0.123 e. The minimum absolute atomic E-state index is 0.474. The number of anilines is 1. The van der Waals surface area contributed by atoms with Crippen LogP contribution in [0.5, 0.6) is 0 Å². The third-order valence-electron chi connectivity index (χ3n) is 3.72. The minimum Gasteiger partial charge on any atom is -0.384 e. The van der Waals surface area contributed by atoms with Gasteiger partial charge in [0.15, 0.2) is 0 Å². The molecule has 2 rings (SSSR count). The lowest BCUT2D eigenvalue weighted by atomic mass is 9.89. The van der Waals surface area contributed by atoms with E-state index in [2.05, 4.69) is 23.3 Å². The number of ether oxygens (including phenoxy) is 1. The number of nitrogens with two attached hydrogens (primary N) is 1. The number of nitrogens with one attached hydrogen (secondary N) is 1. The van der Waals surface area contributed by atoms with Gasteiger partial charge >= 0.3 is 0 Å². The van der Waals surface area contributed by atoms with Gasteiger partial charge in [0.05, 0.1) is 6.61 Å². The third-order valence-corrected chi connectivity index (χ3v) is 3.72. The summed E-state index contributed by atoms with van der Waals surface area (Å²) in [7, 11) is 0. The highest BCUT2D eigenvalue weighted by Gasteiger charge is 2.23. The van der Waals surface area contributed by atoms with E-state index in [1.165, 1.54) is 18.4 Å². The van der Waals surface area contributed by atoms with Gasteiger partial charge in [-0.05, 0) is 55.8 Å². The van der Waals surface area contributed by atoms with Crippen LogP contribution in [-0.2, 0) is 11.2 Å². The van der Waals surface area contributed by atoms with Crippen molar-refractivity contribution < 1.29 is 4.74 Å². The summed E-state index contributed by atoms with van der Waals surface area (Å²) in [5.74, 6) is 1.21. The largest absolute Gasteiger partial charge is 0.384 e. The molecule has 19 heavy (non-hydrogen) atoms. The molecule has 2 atom stereocenters. The molecule has 0 bridgehead atoms. The first-order valence-electron chi connectivity index (χ1n) is 7.31. The summed E-state index contributed by atoms with van der Waals surface area (Å²) < 4.78 is 5.63. The van der Waals surface area contributed by atoms with Crippen LogP contribution in [0.4, 0.5) is 5.82 Å². The first kappa shape index (κ1) is 14.3. The average Bonchev–Trinajstić information content (AvgIpc) is 2.44. The van der Waals surface area contributed by atoms with Gasteiger partial charge in [-0.15, -0.1) is 0 Å². The van der Waals surface area contributed by atoms with Gasteiger partial charge < -0.3 is 15.8 Å². The highest BCUT2D eigenvalue weighted by atomic mass is 16.5. The predicted molar refractivity (Wildman–Crippen MR) is 78.0 cm³/mol. The Bertz CT molecular complexity index is 377. The van der Waals surface area contributed by atoms with Gasteiger partial charge in [0, 0.05) is 18.8 Å². The molecule has 1 aromatic heterocycles. The number of rotatable bonds is 6. The lowest BCUT2D eigenvalue weighted by molar-refractivity contribution is 0.0393. The number of nitrogens with zero attached hydrogens (tertiary/aromatic N) is 1. The van der Waals surface area contributed by atoms with E-state index >= 15 is 0 Å². The Labute approximate surface area is 115 Å². The Hall–Kier alpha value is -1.13. The third kappa shape index (κ3) is 4.48. The highest BCUT2D eigenvalue weighted by Crippen LogP contribution is 2.21. The Morgan fingerprint density at radius 2 is 2.47 bits per heavy atom. The van der Waals surface area contributed by atoms with Crippen LogP contribution in [-0.4, -0.2) is 30.8 Å². The molecule has 1 aliphatic heterocycles. The van der Waals surface area contributed by atoms with Crippen molar-refractivity contribution in [2.24, 2.45) is 5.92 Å². The number of hydrogen-bond donors (Lipinski definition) is 2. The molecule has 1 aromatic rings. The monoisotopic (exact) mass is 263 g/mol. The van der Waals surface area contributed by atoms with Crippen LogP contribution >= 0.6 is 0 Å². The van der Waals surface area contributed by atoms with E-state index in [1.807, 2.05) is 6.07 Å². The summed E-state index contributed by atoms with van der Waals surface area (Å²) in [6.45, 7) is 5.05. The van der Waals surface area contributed by atoms with Crippen LogP contribution in [0.1, 0.15) is 31.7 Å². The van der Waals surface area contributed by atoms with E-state index in [0.717, 1.165) is 32.6 Å². The lowest BCUT2D eigenvalue weighted by Gasteiger charge is -2.31. The topological polar surface area (TPSA) is 60.2 Å². The summed E-state index contributed by atoms with van der Waals surface area (Å²) in [6, 6.07) is 4.51. The van der Waals surface area contributed by atoms with Crippen LogP contribution in [0.25, 0.3) is 0 Å². The SMILES string of the molecule is CCCNC(Cc1ccnc(N)c1)C1CCCOC1. The standard InChI is InChI=1S/C15H25N3O/c1-2-6-17-14(13-4-3-8-19-11-13)9-12-5-7-18-15(16)10-12/h5,7,10,13-14,17H,2-4,6,8-9,11H2,1H3,(H2,16,18). The maximum atomic E-state index is 5.76. The second kappa shape index (κ2) is 7.46. The van der Waals surface area contributed by atoms with Crippen molar-refractivity contribution >= 4 is 5.82 Å². The zero-order valence-corrected chi connectivity index (χ0v) is 11.8. The van der Waals surface area contributed by atoms with Crippen LogP contribution < -0.4 is 11.1 Å². The molecule has 2 unspecified atom stereocenters. The van der Waals surface area contributed by atoms with Crippen LogP contribution in [0.3, 0.4) is 0 Å². The fraction of sp³-hybridized carbons (Fsp3) is 0.667. The molecule has 4 nitrogen and oxygen atoms in total. The van der Waals surface area contributed by atoms with Gasteiger partial charge in [0.1, 0.15) is 5.82 Å². The lowest BCUT2D eigenvalue weighted by Crippen LogP contribution is -2.42. The van der Waals surface area contributed by atoms with Gasteiger partial charge in [-0.25, -0.2) is 4.98 Å². The number of hydrogen-bond acceptors (Lipinski definition) is 4. The quantitative estimate of drug-likeness (QED) is 0.824. The second-order valence-corrected chi connectivity index (χ2v) is 5.33. The van der Waals surface area contributed by atoms with Crippen molar-refractivity contribution in [1.82, 2.24) is 10.3 Å².